The summed E-state index contributed by atoms with van der Waals surface area (Å²) in [4.78, 5) is 4.55. The molecule has 118 valence electrons. The molecule has 0 saturated carbocycles. The summed E-state index contributed by atoms with van der Waals surface area (Å²) in [5.41, 5.74) is 3.43. The van der Waals surface area contributed by atoms with Crippen molar-refractivity contribution in [1.29, 1.82) is 0 Å². The summed E-state index contributed by atoms with van der Waals surface area (Å²) in [6.45, 7) is 2.54. The summed E-state index contributed by atoms with van der Waals surface area (Å²) >= 11 is 12.9. The van der Waals surface area contributed by atoms with E-state index in [-0.39, 0.29) is 5.75 Å². The molecule has 0 saturated heterocycles. The molecule has 0 aliphatic carbocycles. The van der Waals surface area contributed by atoms with E-state index in [9.17, 15) is 5.11 Å². The van der Waals surface area contributed by atoms with Crippen molar-refractivity contribution in [3.8, 4) is 5.75 Å². The quantitative estimate of drug-likeness (QED) is 0.505. The number of aromatic hydroxyl groups is 1. The topological polar surface area (TPSA) is 45.1 Å². The molecule has 1 heterocycles. The van der Waals surface area contributed by atoms with Crippen molar-refractivity contribution in [1.82, 2.24) is 4.98 Å². The third kappa shape index (κ3) is 3.62. The number of benzene rings is 2. The molecule has 0 amide bonds. The minimum atomic E-state index is 0.142. The molecule has 3 nitrogen and oxygen atoms in total. The highest BCUT2D eigenvalue weighted by molar-refractivity contribution is 9.11. The van der Waals surface area contributed by atoms with Crippen LogP contribution in [0.1, 0.15) is 11.3 Å². The van der Waals surface area contributed by atoms with Crippen LogP contribution in [0, 0.1) is 6.92 Å². The van der Waals surface area contributed by atoms with Gasteiger partial charge in [0, 0.05) is 20.6 Å². The Labute approximate surface area is 156 Å². The van der Waals surface area contributed by atoms with Gasteiger partial charge in [0.1, 0.15) is 5.52 Å². The second-order valence-electron chi connectivity index (χ2n) is 5.26. The second kappa shape index (κ2) is 6.67. The highest BCUT2D eigenvalue weighted by Crippen LogP contribution is 2.36. The molecule has 6 heteroatoms. The number of aryl methyl sites for hydroxylation is 1. The van der Waals surface area contributed by atoms with Gasteiger partial charge >= 0.3 is 0 Å². The number of phenolic OH excluding ortho intramolecular Hbond substituents is 1. The van der Waals surface area contributed by atoms with Crippen molar-refractivity contribution < 1.29 is 5.11 Å². The van der Waals surface area contributed by atoms with Gasteiger partial charge in [0.2, 0.25) is 0 Å². The third-order valence-corrected chi connectivity index (χ3v) is 4.91. The molecule has 0 unspecified atom stereocenters. The molecule has 2 N–H and O–H groups in total. The third-order valence-electron chi connectivity index (χ3n) is 3.43. The number of rotatable bonds is 3. The first-order valence-electron chi connectivity index (χ1n) is 6.91. The van der Waals surface area contributed by atoms with Crippen LogP contribution in [0.4, 0.5) is 5.69 Å². The van der Waals surface area contributed by atoms with Crippen LogP contribution < -0.4 is 5.32 Å². The number of pyridine rings is 1. The Morgan fingerprint density at radius 1 is 1.13 bits per heavy atom. The highest BCUT2D eigenvalue weighted by atomic mass is 79.9. The number of halogens is 3. The summed E-state index contributed by atoms with van der Waals surface area (Å²) in [7, 11) is 0. The molecule has 0 radical (unpaired) electrons. The molecule has 23 heavy (non-hydrogen) atoms. The Bertz CT molecular complexity index is 879. The second-order valence-corrected chi connectivity index (χ2v) is 7.40. The lowest BCUT2D eigenvalue weighted by molar-refractivity contribution is 0.477. The first kappa shape index (κ1) is 16.6. The van der Waals surface area contributed by atoms with E-state index in [1.165, 1.54) is 0 Å². The van der Waals surface area contributed by atoms with E-state index < -0.39 is 0 Å². The number of hydrogen-bond acceptors (Lipinski definition) is 3. The number of aromatic nitrogens is 1. The zero-order valence-electron chi connectivity index (χ0n) is 12.2. The van der Waals surface area contributed by atoms with Gasteiger partial charge < -0.3 is 10.4 Å². The monoisotopic (exact) mass is 454 g/mol. The number of phenols is 1. The van der Waals surface area contributed by atoms with Gasteiger partial charge in [0.25, 0.3) is 0 Å². The average molecular weight is 457 g/mol. The lowest BCUT2D eigenvalue weighted by atomic mass is 10.2. The minimum absolute atomic E-state index is 0.142. The van der Waals surface area contributed by atoms with Crippen LogP contribution in [-0.4, -0.2) is 10.1 Å². The predicted octanol–water partition coefficient (Wildman–Crippen LogP) is 6.04. The van der Waals surface area contributed by atoms with Crippen LogP contribution in [-0.2, 0) is 6.54 Å². The molecule has 0 atom stereocenters. The van der Waals surface area contributed by atoms with Gasteiger partial charge in [-0.05, 0) is 64.8 Å². The van der Waals surface area contributed by atoms with Gasteiger partial charge in [-0.25, -0.2) is 4.98 Å². The number of hydrogen-bond donors (Lipinski definition) is 2. The van der Waals surface area contributed by atoms with E-state index >= 15 is 0 Å². The summed E-state index contributed by atoms with van der Waals surface area (Å²) < 4.78 is 1.50. The predicted molar refractivity (Wildman–Crippen MR) is 102 cm³/mol. The van der Waals surface area contributed by atoms with Crippen LogP contribution in [0.5, 0.6) is 5.75 Å². The number of nitrogens with one attached hydrogen (secondary N) is 1. The van der Waals surface area contributed by atoms with Crippen LogP contribution in [0.15, 0.2) is 45.3 Å². The van der Waals surface area contributed by atoms with Gasteiger partial charge in [-0.1, -0.05) is 27.5 Å². The van der Waals surface area contributed by atoms with Crippen molar-refractivity contribution in [2.75, 3.05) is 5.32 Å². The smallest absolute Gasteiger partial charge is 0.156 e. The Balaban J connectivity index is 1.90. The number of fused-ring (bicyclic) bond motifs is 1. The molecule has 2 aromatic carbocycles. The molecule has 0 spiro atoms. The highest BCUT2D eigenvalue weighted by Gasteiger charge is 2.10. The maximum atomic E-state index is 10.2. The molecule has 0 fully saturated rings. The lowest BCUT2D eigenvalue weighted by Crippen LogP contribution is -2.02. The van der Waals surface area contributed by atoms with E-state index in [0.29, 0.717) is 21.6 Å². The van der Waals surface area contributed by atoms with Gasteiger partial charge in [-0.3, -0.25) is 0 Å². The van der Waals surface area contributed by atoms with Gasteiger partial charge in [0.05, 0.1) is 16.7 Å². The first-order valence-corrected chi connectivity index (χ1v) is 8.88. The normalized spacial score (nSPS) is 11.0. The zero-order valence-corrected chi connectivity index (χ0v) is 16.1. The number of anilines is 1. The maximum Gasteiger partial charge on any atom is 0.156 e. The van der Waals surface area contributed by atoms with Crippen molar-refractivity contribution in [3.63, 3.8) is 0 Å². The number of nitrogens with zero attached hydrogens (tertiary/aromatic N) is 1. The molecular weight excluding hydrogens is 443 g/mol. The molecule has 3 rings (SSSR count). The molecular formula is C17H13Br2ClN2O. The molecule has 0 aliphatic heterocycles. The SMILES string of the molecule is Cc1cc(Cl)cc(NCc2ccc3c(Br)cc(Br)c(O)c3n2)c1. The van der Waals surface area contributed by atoms with E-state index in [0.717, 1.165) is 26.8 Å². The van der Waals surface area contributed by atoms with Crippen LogP contribution >= 0.6 is 43.5 Å². The maximum absolute atomic E-state index is 10.2. The van der Waals surface area contributed by atoms with Crippen LogP contribution in [0.2, 0.25) is 5.02 Å². The zero-order chi connectivity index (χ0) is 16.6. The summed E-state index contributed by atoms with van der Waals surface area (Å²) in [5, 5.41) is 15.1. The Morgan fingerprint density at radius 2 is 1.91 bits per heavy atom. The Hall–Kier alpha value is -1.30. The largest absolute Gasteiger partial charge is 0.505 e. The molecule has 1 aromatic heterocycles. The molecule has 3 aromatic rings. The first-order chi connectivity index (χ1) is 10.9. The van der Waals surface area contributed by atoms with Gasteiger partial charge in [0.15, 0.2) is 5.75 Å². The average Bonchev–Trinajstić information content (AvgIpc) is 2.49. The Kier molecular flexibility index (Phi) is 4.80. The van der Waals surface area contributed by atoms with Gasteiger partial charge in [-0.2, -0.15) is 0 Å². The summed E-state index contributed by atoms with van der Waals surface area (Å²) in [6.07, 6.45) is 0. The van der Waals surface area contributed by atoms with Crippen molar-refractivity contribution >= 4 is 60.1 Å². The lowest BCUT2D eigenvalue weighted by Gasteiger charge is -2.10. The van der Waals surface area contributed by atoms with E-state index in [4.69, 9.17) is 11.6 Å². The summed E-state index contributed by atoms with van der Waals surface area (Å²) in [6, 6.07) is 11.5. The fourth-order valence-corrected chi connectivity index (χ4v) is 3.94. The van der Waals surface area contributed by atoms with E-state index in [2.05, 4.69) is 42.2 Å². The Morgan fingerprint density at radius 3 is 2.65 bits per heavy atom. The summed E-state index contributed by atoms with van der Waals surface area (Å²) in [5.74, 6) is 0.142. The van der Waals surface area contributed by atoms with E-state index in [1.54, 1.807) is 0 Å². The molecule has 0 bridgehead atoms. The van der Waals surface area contributed by atoms with Crippen molar-refractivity contribution in [3.05, 3.63) is 61.6 Å². The minimum Gasteiger partial charge on any atom is -0.505 e. The van der Waals surface area contributed by atoms with Gasteiger partial charge in [-0.15, -0.1) is 0 Å². The fourth-order valence-electron chi connectivity index (χ4n) is 2.37. The van der Waals surface area contributed by atoms with Crippen molar-refractivity contribution in [2.24, 2.45) is 0 Å². The van der Waals surface area contributed by atoms with Crippen LogP contribution in [0.3, 0.4) is 0 Å². The van der Waals surface area contributed by atoms with Crippen molar-refractivity contribution in [2.45, 2.75) is 13.5 Å². The molecule has 0 aliphatic rings. The fraction of sp³-hybridized carbons (Fsp3) is 0.118. The standard InChI is InChI=1S/C17H13Br2ClN2O/c1-9-4-10(20)6-12(5-9)21-8-11-2-3-13-14(18)7-15(19)17(23)16(13)22-11/h2-7,21,23H,8H2,1H3. The van der Waals surface area contributed by atoms with Crippen LogP contribution in [0.25, 0.3) is 10.9 Å². The van der Waals surface area contributed by atoms with E-state index in [1.807, 2.05) is 43.3 Å².